The molecule has 6 heteroatoms. The topological polar surface area (TPSA) is 72.0 Å². The SMILES string of the molecule is c1ccc(-c2nc(NCc3ccncc3)cc(NCC3CCCO3)n2)cc1. The van der Waals surface area contributed by atoms with Crippen LogP contribution in [0.3, 0.4) is 0 Å². The Morgan fingerprint density at radius 3 is 2.48 bits per heavy atom. The number of hydrogen-bond acceptors (Lipinski definition) is 6. The van der Waals surface area contributed by atoms with E-state index in [4.69, 9.17) is 9.72 Å². The van der Waals surface area contributed by atoms with Crippen molar-refractivity contribution in [2.24, 2.45) is 0 Å². The number of aromatic nitrogens is 3. The molecule has 4 rings (SSSR count). The molecule has 0 radical (unpaired) electrons. The molecule has 1 fully saturated rings. The lowest BCUT2D eigenvalue weighted by molar-refractivity contribution is 0.120. The van der Waals surface area contributed by atoms with Crippen molar-refractivity contribution in [3.63, 3.8) is 0 Å². The second-order valence-electron chi connectivity index (χ2n) is 6.55. The molecular formula is C21H23N5O. The van der Waals surface area contributed by atoms with Crippen molar-refractivity contribution in [2.45, 2.75) is 25.5 Å². The van der Waals surface area contributed by atoms with Crippen LogP contribution in [0.2, 0.25) is 0 Å². The average molecular weight is 361 g/mol. The van der Waals surface area contributed by atoms with Gasteiger partial charge in [0.2, 0.25) is 0 Å². The number of rotatable bonds is 7. The van der Waals surface area contributed by atoms with Gasteiger partial charge in [-0.2, -0.15) is 0 Å². The lowest BCUT2D eigenvalue weighted by Crippen LogP contribution is -2.19. The summed E-state index contributed by atoms with van der Waals surface area (Å²) in [7, 11) is 0. The van der Waals surface area contributed by atoms with E-state index in [1.165, 1.54) is 0 Å². The quantitative estimate of drug-likeness (QED) is 0.668. The van der Waals surface area contributed by atoms with Gasteiger partial charge in [0.1, 0.15) is 11.6 Å². The normalized spacial score (nSPS) is 16.2. The average Bonchev–Trinajstić information content (AvgIpc) is 3.26. The van der Waals surface area contributed by atoms with E-state index in [1.807, 2.05) is 48.5 Å². The third-order valence-corrected chi connectivity index (χ3v) is 4.52. The summed E-state index contributed by atoms with van der Waals surface area (Å²) in [5.74, 6) is 2.29. The maximum absolute atomic E-state index is 5.70. The molecule has 27 heavy (non-hydrogen) atoms. The molecule has 1 aromatic carbocycles. The van der Waals surface area contributed by atoms with Gasteiger partial charge >= 0.3 is 0 Å². The van der Waals surface area contributed by atoms with Crippen molar-refractivity contribution >= 4 is 11.6 Å². The van der Waals surface area contributed by atoms with Crippen molar-refractivity contribution in [3.8, 4) is 11.4 Å². The Labute approximate surface area is 159 Å². The molecule has 0 amide bonds. The first-order valence-electron chi connectivity index (χ1n) is 9.29. The van der Waals surface area contributed by atoms with Crippen LogP contribution in [0.1, 0.15) is 18.4 Å². The standard InChI is InChI=1S/C21H23N5O/c1-2-5-17(6-3-1)21-25-19(23-14-16-8-10-22-11-9-16)13-20(26-21)24-15-18-7-4-12-27-18/h1-3,5-6,8-11,13,18H,4,7,12,14-15H2,(H2,23,24,25,26). The van der Waals surface area contributed by atoms with Gasteiger partial charge in [0, 0.05) is 43.7 Å². The Bertz CT molecular complexity index is 851. The van der Waals surface area contributed by atoms with Crippen LogP contribution in [0.25, 0.3) is 11.4 Å². The van der Waals surface area contributed by atoms with Gasteiger partial charge in [-0.1, -0.05) is 30.3 Å². The number of pyridine rings is 1. The third kappa shape index (κ3) is 4.80. The summed E-state index contributed by atoms with van der Waals surface area (Å²) in [6.07, 6.45) is 6.07. The smallest absolute Gasteiger partial charge is 0.163 e. The summed E-state index contributed by atoms with van der Waals surface area (Å²) in [5.41, 5.74) is 2.14. The van der Waals surface area contributed by atoms with E-state index >= 15 is 0 Å². The van der Waals surface area contributed by atoms with Gasteiger partial charge in [0.05, 0.1) is 6.10 Å². The predicted octanol–water partition coefficient (Wildman–Crippen LogP) is 3.74. The van der Waals surface area contributed by atoms with E-state index in [0.29, 0.717) is 12.4 Å². The van der Waals surface area contributed by atoms with Crippen LogP contribution in [-0.4, -0.2) is 34.2 Å². The van der Waals surface area contributed by atoms with E-state index in [-0.39, 0.29) is 6.10 Å². The van der Waals surface area contributed by atoms with Crippen LogP contribution in [-0.2, 0) is 11.3 Å². The lowest BCUT2D eigenvalue weighted by Gasteiger charge is -2.14. The fourth-order valence-electron chi connectivity index (χ4n) is 3.06. The van der Waals surface area contributed by atoms with E-state index in [2.05, 4.69) is 20.6 Å². The molecular weight excluding hydrogens is 338 g/mol. The van der Waals surface area contributed by atoms with Crippen LogP contribution < -0.4 is 10.6 Å². The molecule has 0 spiro atoms. The highest BCUT2D eigenvalue weighted by molar-refractivity contribution is 5.61. The summed E-state index contributed by atoms with van der Waals surface area (Å²) < 4.78 is 5.70. The first-order valence-corrected chi connectivity index (χ1v) is 9.29. The second-order valence-corrected chi connectivity index (χ2v) is 6.55. The van der Waals surface area contributed by atoms with E-state index in [9.17, 15) is 0 Å². The van der Waals surface area contributed by atoms with Crippen LogP contribution in [0.4, 0.5) is 11.6 Å². The third-order valence-electron chi connectivity index (χ3n) is 4.52. The minimum atomic E-state index is 0.258. The predicted molar refractivity (Wildman–Crippen MR) is 106 cm³/mol. The van der Waals surface area contributed by atoms with Gasteiger partial charge in [0.25, 0.3) is 0 Å². The molecule has 1 aliphatic heterocycles. The Balaban J connectivity index is 1.53. The van der Waals surface area contributed by atoms with Gasteiger partial charge in [0.15, 0.2) is 5.82 Å². The zero-order valence-electron chi connectivity index (χ0n) is 15.1. The van der Waals surface area contributed by atoms with Crippen molar-refractivity contribution in [2.75, 3.05) is 23.8 Å². The molecule has 1 atom stereocenters. The Morgan fingerprint density at radius 1 is 0.963 bits per heavy atom. The molecule has 0 aliphatic carbocycles. The number of anilines is 2. The van der Waals surface area contributed by atoms with Gasteiger partial charge in [-0.25, -0.2) is 9.97 Å². The summed E-state index contributed by atoms with van der Waals surface area (Å²) in [6, 6.07) is 15.9. The molecule has 2 N–H and O–H groups in total. The highest BCUT2D eigenvalue weighted by Crippen LogP contribution is 2.21. The molecule has 3 heterocycles. The van der Waals surface area contributed by atoms with Crippen molar-refractivity contribution in [1.29, 1.82) is 0 Å². The first-order chi connectivity index (χ1) is 13.4. The molecule has 1 unspecified atom stereocenters. The first kappa shape index (κ1) is 17.4. The summed E-state index contributed by atoms with van der Waals surface area (Å²) >= 11 is 0. The number of hydrogen-bond donors (Lipinski definition) is 2. The summed E-state index contributed by atoms with van der Waals surface area (Å²) in [5, 5.41) is 6.80. The van der Waals surface area contributed by atoms with E-state index in [1.54, 1.807) is 12.4 Å². The molecule has 1 aliphatic rings. The zero-order valence-corrected chi connectivity index (χ0v) is 15.1. The number of nitrogens with one attached hydrogen (secondary N) is 2. The minimum absolute atomic E-state index is 0.258. The second kappa shape index (κ2) is 8.60. The summed E-state index contributed by atoms with van der Waals surface area (Å²) in [4.78, 5) is 13.4. The highest BCUT2D eigenvalue weighted by Gasteiger charge is 2.15. The lowest BCUT2D eigenvalue weighted by atomic mass is 10.2. The largest absolute Gasteiger partial charge is 0.376 e. The van der Waals surface area contributed by atoms with Gasteiger partial charge in [-0.15, -0.1) is 0 Å². The van der Waals surface area contributed by atoms with Crippen LogP contribution in [0, 0.1) is 0 Å². The number of benzene rings is 1. The molecule has 3 aromatic rings. The molecule has 0 saturated carbocycles. The van der Waals surface area contributed by atoms with Gasteiger partial charge < -0.3 is 15.4 Å². The molecule has 138 valence electrons. The van der Waals surface area contributed by atoms with Crippen molar-refractivity contribution in [3.05, 3.63) is 66.5 Å². The van der Waals surface area contributed by atoms with Gasteiger partial charge in [-0.05, 0) is 30.5 Å². The fraction of sp³-hybridized carbons (Fsp3) is 0.286. The minimum Gasteiger partial charge on any atom is -0.376 e. The monoisotopic (exact) mass is 361 g/mol. The van der Waals surface area contributed by atoms with Crippen molar-refractivity contribution in [1.82, 2.24) is 15.0 Å². The van der Waals surface area contributed by atoms with Gasteiger partial charge in [-0.3, -0.25) is 4.98 Å². The van der Waals surface area contributed by atoms with Crippen molar-refractivity contribution < 1.29 is 4.74 Å². The zero-order chi connectivity index (χ0) is 18.3. The molecule has 2 aromatic heterocycles. The highest BCUT2D eigenvalue weighted by atomic mass is 16.5. The summed E-state index contributed by atoms with van der Waals surface area (Å²) in [6.45, 7) is 2.29. The Morgan fingerprint density at radius 2 is 1.74 bits per heavy atom. The number of ether oxygens (including phenoxy) is 1. The molecule has 6 nitrogen and oxygen atoms in total. The Kier molecular flexibility index (Phi) is 5.55. The van der Waals surface area contributed by atoms with E-state index in [0.717, 1.165) is 48.8 Å². The number of nitrogens with zero attached hydrogens (tertiary/aromatic N) is 3. The molecule has 0 bridgehead atoms. The maximum atomic E-state index is 5.70. The van der Waals surface area contributed by atoms with Crippen LogP contribution >= 0.6 is 0 Å². The molecule has 1 saturated heterocycles. The van der Waals surface area contributed by atoms with Crippen LogP contribution in [0.15, 0.2) is 60.9 Å². The fourth-order valence-corrected chi connectivity index (χ4v) is 3.06. The van der Waals surface area contributed by atoms with E-state index < -0.39 is 0 Å². The van der Waals surface area contributed by atoms with Crippen LogP contribution in [0.5, 0.6) is 0 Å². The maximum Gasteiger partial charge on any atom is 0.163 e. The Hall–Kier alpha value is -2.99.